The highest BCUT2D eigenvalue weighted by Gasteiger charge is 2.30. The van der Waals surface area contributed by atoms with Gasteiger partial charge in [0.1, 0.15) is 6.04 Å². The molecular weight excluding hydrogens is 482 g/mol. The van der Waals surface area contributed by atoms with Gasteiger partial charge in [0.2, 0.25) is 0 Å². The summed E-state index contributed by atoms with van der Waals surface area (Å²) in [6.45, 7) is 0. The summed E-state index contributed by atoms with van der Waals surface area (Å²) in [5, 5.41) is 16.8. The zero-order chi connectivity index (χ0) is 23.7. The summed E-state index contributed by atoms with van der Waals surface area (Å²) in [6, 6.07) is 19.9. The van der Waals surface area contributed by atoms with Crippen molar-refractivity contribution in [1.82, 2.24) is 10.3 Å². The van der Waals surface area contributed by atoms with Gasteiger partial charge >= 0.3 is 5.97 Å². The highest BCUT2D eigenvalue weighted by Crippen LogP contribution is 2.34. The second-order valence-corrected chi connectivity index (χ2v) is 9.92. The van der Waals surface area contributed by atoms with Crippen LogP contribution in [0.4, 0.5) is 10.8 Å². The summed E-state index contributed by atoms with van der Waals surface area (Å²) in [5.74, 6) is -0.939. The third-order valence-corrected chi connectivity index (χ3v) is 7.01. The van der Waals surface area contributed by atoms with Crippen LogP contribution in [0.2, 0.25) is 5.02 Å². The molecule has 1 amide bonds. The maximum Gasteiger partial charge on any atom is 0.326 e. The molecule has 0 unspecified atom stereocenters. The Kier molecular flexibility index (Phi) is 7.38. The van der Waals surface area contributed by atoms with E-state index in [1.165, 1.54) is 0 Å². The first-order valence-corrected chi connectivity index (χ1v) is 12.2. The van der Waals surface area contributed by atoms with Crippen LogP contribution < -0.4 is 10.6 Å². The van der Waals surface area contributed by atoms with Crippen LogP contribution >= 0.6 is 22.9 Å². The van der Waals surface area contributed by atoms with Crippen molar-refractivity contribution in [1.29, 1.82) is 0 Å². The molecule has 1 aromatic heterocycles. The Morgan fingerprint density at radius 1 is 1.03 bits per heavy atom. The van der Waals surface area contributed by atoms with Crippen LogP contribution in [-0.4, -0.2) is 28.0 Å². The molecule has 0 spiro atoms. The number of carboxylic acids is 1. The second-order valence-electron chi connectivity index (χ2n) is 8.45. The maximum absolute atomic E-state index is 12.5. The Morgan fingerprint density at radius 3 is 2.31 bits per heavy atom. The second kappa shape index (κ2) is 10.5. The molecular formula is C27H26ClN3O3S. The smallest absolute Gasteiger partial charge is 0.326 e. The fraction of sp³-hybridized carbons (Fsp3) is 0.222. The van der Waals surface area contributed by atoms with Crippen LogP contribution in [0.3, 0.4) is 0 Å². The third kappa shape index (κ3) is 5.99. The molecule has 0 radical (unpaired) electrons. The predicted octanol–water partition coefficient (Wildman–Crippen LogP) is 6.98. The zero-order valence-corrected chi connectivity index (χ0v) is 19.7. The molecule has 3 aromatic carbocycles. The monoisotopic (exact) mass is 507 g/mol. The lowest BCUT2D eigenvalue weighted by Crippen LogP contribution is -2.41. The third-order valence-electron chi connectivity index (χ3n) is 5.84. The number of rotatable bonds is 8. The number of carbonyl (C=O) groups is 2. The zero-order valence-electron chi connectivity index (χ0n) is 18.1. The number of benzene rings is 3. The average molecular weight is 508 g/mol. The topological polar surface area (TPSA) is 91.3 Å². The van der Waals surface area contributed by atoms with Gasteiger partial charge in [-0.1, -0.05) is 67.5 Å². The first-order valence-electron chi connectivity index (χ1n) is 11.0. The highest BCUT2D eigenvalue weighted by molar-refractivity contribution is 7.22. The molecule has 0 bridgehead atoms. The number of carboxylic acid groups (broad SMARTS) is 1. The molecule has 1 aliphatic rings. The number of aromatic nitrogens is 1. The molecule has 1 atom stereocenters. The highest BCUT2D eigenvalue weighted by atomic mass is 35.5. The van der Waals surface area contributed by atoms with E-state index in [2.05, 4.69) is 15.6 Å². The molecule has 1 fully saturated rings. The molecule has 1 saturated carbocycles. The Bertz CT molecular complexity index is 1350. The molecule has 6 nitrogen and oxygen atoms in total. The molecule has 3 N–H and O–H groups in total. The Morgan fingerprint density at radius 2 is 1.69 bits per heavy atom. The number of aliphatic carboxylic acids is 1. The van der Waals surface area contributed by atoms with Crippen LogP contribution in [0.5, 0.6) is 0 Å². The van der Waals surface area contributed by atoms with Crippen molar-refractivity contribution in [2.45, 2.75) is 32.7 Å². The van der Waals surface area contributed by atoms with Gasteiger partial charge in [0.25, 0.3) is 5.91 Å². The number of hydrogen-bond acceptors (Lipinski definition) is 5. The number of anilines is 2. The number of carbonyl (C=O) groups excluding carboxylic acids is 1. The summed E-state index contributed by atoms with van der Waals surface area (Å²) in [4.78, 5) is 28.5. The number of thiazole rings is 1. The van der Waals surface area contributed by atoms with Gasteiger partial charge < -0.3 is 15.7 Å². The number of hydrogen-bond donors (Lipinski definition) is 3. The van der Waals surface area contributed by atoms with E-state index >= 15 is 0 Å². The van der Waals surface area contributed by atoms with Gasteiger partial charge in [0, 0.05) is 16.3 Å². The van der Waals surface area contributed by atoms with E-state index in [-0.39, 0.29) is 13.3 Å². The fourth-order valence-electron chi connectivity index (χ4n) is 3.79. The molecule has 0 aliphatic heterocycles. The van der Waals surface area contributed by atoms with Crippen LogP contribution in [0, 0.1) is 5.92 Å². The number of nitrogens with one attached hydrogen (secondary N) is 2. The van der Waals surface area contributed by atoms with Crippen LogP contribution in [0.1, 0.15) is 37.0 Å². The molecule has 35 heavy (non-hydrogen) atoms. The summed E-state index contributed by atoms with van der Waals surface area (Å²) in [5.41, 5.74) is 4.23. The molecule has 8 heteroatoms. The summed E-state index contributed by atoms with van der Waals surface area (Å²) < 4.78 is 1.03. The molecule has 1 aliphatic carbocycles. The van der Waals surface area contributed by atoms with Gasteiger partial charge in [0.05, 0.1) is 10.2 Å². The number of nitrogens with zero attached hydrogens (tertiary/aromatic N) is 1. The van der Waals surface area contributed by atoms with Crippen molar-refractivity contribution < 1.29 is 14.7 Å². The molecule has 180 valence electrons. The summed E-state index contributed by atoms with van der Waals surface area (Å²) in [7, 11) is 0. The fourth-order valence-corrected chi connectivity index (χ4v) is 4.95. The van der Waals surface area contributed by atoms with Gasteiger partial charge in [-0.3, -0.25) is 4.79 Å². The van der Waals surface area contributed by atoms with E-state index in [1.807, 2.05) is 54.6 Å². The van der Waals surface area contributed by atoms with Crippen molar-refractivity contribution in [3.8, 4) is 11.1 Å². The Balaban J connectivity index is 0.00000289. The Labute approximate surface area is 213 Å². The van der Waals surface area contributed by atoms with Gasteiger partial charge in [-0.25, -0.2) is 9.78 Å². The quantitative estimate of drug-likeness (QED) is 0.239. The van der Waals surface area contributed by atoms with Crippen molar-refractivity contribution in [3.05, 3.63) is 77.3 Å². The average Bonchev–Trinajstić information content (AvgIpc) is 3.56. The summed E-state index contributed by atoms with van der Waals surface area (Å²) >= 11 is 7.60. The normalized spacial score (nSPS) is 13.6. The van der Waals surface area contributed by atoms with E-state index in [0.29, 0.717) is 22.9 Å². The van der Waals surface area contributed by atoms with E-state index in [1.54, 1.807) is 23.5 Å². The minimum atomic E-state index is -0.986. The van der Waals surface area contributed by atoms with Crippen molar-refractivity contribution in [2.75, 3.05) is 5.32 Å². The first kappa shape index (κ1) is 24.7. The van der Waals surface area contributed by atoms with Crippen LogP contribution in [-0.2, 0) is 4.79 Å². The number of fused-ring (bicyclic) bond motifs is 1. The molecule has 1 heterocycles. The van der Waals surface area contributed by atoms with E-state index < -0.39 is 12.0 Å². The van der Waals surface area contributed by atoms with Gasteiger partial charge in [-0.15, -0.1) is 0 Å². The maximum atomic E-state index is 12.5. The lowest BCUT2D eigenvalue weighted by Gasteiger charge is -2.14. The van der Waals surface area contributed by atoms with Crippen LogP contribution in [0.15, 0.2) is 66.7 Å². The molecule has 4 aromatic rings. The Hall–Kier alpha value is -3.42. The van der Waals surface area contributed by atoms with Gasteiger partial charge in [0.15, 0.2) is 5.13 Å². The first-order chi connectivity index (χ1) is 16.4. The lowest BCUT2D eigenvalue weighted by molar-refractivity contribution is -0.139. The lowest BCUT2D eigenvalue weighted by atomic mass is 10.0. The predicted molar refractivity (Wildman–Crippen MR) is 143 cm³/mol. The van der Waals surface area contributed by atoms with Crippen molar-refractivity contribution >= 4 is 55.8 Å². The number of halogens is 1. The van der Waals surface area contributed by atoms with Crippen molar-refractivity contribution in [3.63, 3.8) is 0 Å². The van der Waals surface area contributed by atoms with Gasteiger partial charge in [-0.2, -0.15) is 0 Å². The van der Waals surface area contributed by atoms with Gasteiger partial charge in [-0.05, 0) is 65.9 Å². The largest absolute Gasteiger partial charge is 0.480 e. The SMILES string of the molecule is C.O=C(N[C@@H](CC1CC1)C(=O)O)c1ccc(-c2ccc(Nc3nc4ccc(Cl)cc4s3)cc2)cc1. The van der Waals surface area contributed by atoms with Crippen molar-refractivity contribution in [2.24, 2.45) is 5.92 Å². The minimum absolute atomic E-state index is 0. The van der Waals surface area contributed by atoms with E-state index in [9.17, 15) is 14.7 Å². The van der Waals surface area contributed by atoms with E-state index in [4.69, 9.17) is 11.6 Å². The molecule has 0 saturated heterocycles. The summed E-state index contributed by atoms with van der Waals surface area (Å²) in [6.07, 6.45) is 2.57. The standard InChI is InChI=1S/C26H22ClN3O3S.CH4/c27-19-9-12-21-23(14-19)34-26(30-21)28-20-10-7-17(8-11-20)16-3-5-18(6-4-16)24(31)29-22(25(32)33)13-15-1-2-15;/h3-12,14-15,22H,1-2,13H2,(H,28,30)(H,29,31)(H,32,33);1H4/t22-;/m0./s1. The van der Waals surface area contributed by atoms with E-state index in [0.717, 1.165) is 45.0 Å². The molecule has 5 rings (SSSR count). The number of amides is 1. The van der Waals surface area contributed by atoms with Crippen LogP contribution in [0.25, 0.3) is 21.3 Å². The minimum Gasteiger partial charge on any atom is -0.480 e.